The van der Waals surface area contributed by atoms with Gasteiger partial charge in [0.25, 0.3) is 0 Å². The number of rotatable bonds is 49. The highest BCUT2D eigenvalue weighted by Gasteiger charge is 2.34. The van der Waals surface area contributed by atoms with Gasteiger partial charge in [0.15, 0.2) is 5.96 Å². The Balaban J connectivity index is 5.24. The number of hydrogen-bond donors (Lipinski definition) is 18. The third-order valence-corrected chi connectivity index (χ3v) is 14.6. The van der Waals surface area contributed by atoms with Crippen molar-refractivity contribution in [2.75, 3.05) is 13.1 Å². The zero-order valence-electron chi connectivity index (χ0n) is 52.5. The highest BCUT2D eigenvalue weighted by Crippen LogP contribution is 2.23. The number of aliphatic hydroxyl groups is 13. The molecule has 0 amide bonds. The minimum Gasteiger partial charge on any atom is -0.478 e. The second kappa shape index (κ2) is 48.7. The number of hydrogen-bond acceptors (Lipinski definition) is 19. The summed E-state index contributed by atoms with van der Waals surface area (Å²) in [7, 11) is -4.96. The van der Waals surface area contributed by atoms with Crippen molar-refractivity contribution in [3.8, 4) is 0 Å². The molecule has 508 valence electrons. The molecule has 89 heavy (non-hydrogen) atoms. The molecule has 0 aliphatic carbocycles. The number of carbonyl (C=O) groups is 1. The molecule has 0 bridgehead atoms. The monoisotopic (exact) mass is 1280 g/mol. The van der Waals surface area contributed by atoms with Crippen LogP contribution >= 0.6 is 0 Å². The van der Waals surface area contributed by atoms with Crippen molar-refractivity contribution >= 4 is 22.3 Å². The fourth-order valence-electron chi connectivity index (χ4n) is 8.91. The van der Waals surface area contributed by atoms with E-state index in [9.17, 15) is 84.1 Å². The van der Waals surface area contributed by atoms with Crippen LogP contribution in [0, 0.1) is 23.7 Å². The largest absolute Gasteiger partial charge is 0.478 e. The molecule has 0 rings (SSSR count). The number of aliphatic imine (C=N–C) groups is 1. The molecule has 0 saturated carbocycles. The van der Waals surface area contributed by atoms with Gasteiger partial charge in [-0.25, -0.2) is 8.98 Å². The van der Waals surface area contributed by atoms with Crippen molar-refractivity contribution in [2.45, 2.75) is 210 Å². The molecule has 0 saturated heterocycles. The fraction of sp³-hybridized carbons (Fsp3) is 0.600. The Morgan fingerprint density at radius 2 is 1.03 bits per heavy atom. The molecule has 24 heteroatoms. The van der Waals surface area contributed by atoms with Crippen LogP contribution < -0.4 is 16.8 Å². The number of carboxylic acid groups (broad SMARTS) is 1. The second-order valence-corrected chi connectivity index (χ2v) is 24.0. The Morgan fingerprint density at radius 3 is 1.58 bits per heavy atom. The van der Waals surface area contributed by atoms with Crippen molar-refractivity contribution < 1.29 is 93.4 Å². The lowest BCUT2D eigenvalue weighted by Gasteiger charge is -2.34. The molecule has 23 nitrogen and oxygen atoms in total. The smallest absolute Gasteiger partial charge is 0.397 e. The van der Waals surface area contributed by atoms with E-state index in [1.165, 1.54) is 49.5 Å². The first-order valence-electron chi connectivity index (χ1n) is 30.4. The first-order chi connectivity index (χ1) is 41.8. The number of aliphatic carboxylic acids is 1. The maximum atomic E-state index is 12.0. The van der Waals surface area contributed by atoms with Crippen molar-refractivity contribution in [3.63, 3.8) is 0 Å². The maximum absolute atomic E-state index is 12.0. The predicted octanol–water partition coefficient (Wildman–Crippen LogP) is 3.49. The van der Waals surface area contributed by atoms with E-state index >= 15 is 0 Å². The maximum Gasteiger partial charge on any atom is 0.397 e. The Kier molecular flexibility index (Phi) is 45.9. The zero-order chi connectivity index (χ0) is 67.5. The SMILES string of the molecule is C\C(=C/C=C/C=C/CC/C=C/C(C)C(O)C(C)C(O)/C=C/C=C/C=C/C=C/C=C/C=C\C(OS(=O)(=O)O)C(C)C(NCC(C)C)C(O)CC(O)/C=C/CC(O)CC(O)CC(O)/C=C/CC(O)CC(O)C(O)C(O)CC(O)CC(O)CCCN=C(N)N)C(=O)O. The molecule has 0 fully saturated rings. The van der Waals surface area contributed by atoms with Crippen molar-refractivity contribution in [1.82, 2.24) is 5.32 Å². The number of guanidine groups is 1. The highest BCUT2D eigenvalue weighted by atomic mass is 32.3. The third kappa shape index (κ3) is 44.1. The lowest BCUT2D eigenvalue weighted by molar-refractivity contribution is -0.132. The third-order valence-electron chi connectivity index (χ3n) is 14.1. The van der Waals surface area contributed by atoms with E-state index in [0.29, 0.717) is 19.5 Å². The number of nitrogens with zero attached hydrogens (tertiary/aromatic N) is 1. The topological polar surface area (TPSA) is 440 Å². The number of nitrogens with two attached hydrogens (primary N) is 2. The molecule has 0 heterocycles. The van der Waals surface area contributed by atoms with Gasteiger partial charge in [-0.3, -0.25) is 9.55 Å². The number of aliphatic hydroxyl groups excluding tert-OH is 13. The molecule has 18 atom stereocenters. The van der Waals surface area contributed by atoms with Gasteiger partial charge in [0, 0.05) is 61.6 Å². The fourth-order valence-corrected chi connectivity index (χ4v) is 9.43. The minimum atomic E-state index is -4.96. The van der Waals surface area contributed by atoms with E-state index < -0.39 is 120 Å². The number of unbranched alkanes of at least 4 members (excludes halogenated alkanes) is 1. The van der Waals surface area contributed by atoms with E-state index in [4.69, 9.17) is 20.8 Å². The molecule has 20 N–H and O–H groups in total. The van der Waals surface area contributed by atoms with Crippen molar-refractivity contribution in [1.29, 1.82) is 0 Å². The quantitative estimate of drug-likeness (QED) is 0.00788. The van der Waals surface area contributed by atoms with Crippen LogP contribution in [0.3, 0.4) is 0 Å². The summed E-state index contributed by atoms with van der Waals surface area (Å²) in [5.74, 6) is -2.36. The summed E-state index contributed by atoms with van der Waals surface area (Å²) in [5, 5.41) is 149. The van der Waals surface area contributed by atoms with E-state index in [1.54, 1.807) is 86.8 Å². The minimum absolute atomic E-state index is 0.0120. The van der Waals surface area contributed by atoms with Gasteiger partial charge in [-0.05, 0) is 70.8 Å². The standard InChI is InChI=1S/C65H108N4O19S/c1-44(2)43-69-61(57(78)40-52(73)31-24-29-49(70)37-54(75)38-50(71)30-25-32-53(74)41-58(79)63(82)59(80)42-55(76)39-51(72)33-26-36-68-65(66)67)48(6)60(88-89(85,86)87)35-23-19-15-10-8-7-9-14-18-22-34-56(77)47(5)62(81)45(3)27-20-16-12-11-13-17-21-28-46(4)64(83)84/h7-11,13-15,17-25,27-28,30-31,34-35,44-45,47-63,69-82H,12,16,26,29,32-33,36-43H2,1-6H3,(H,83,84)(H4,66,67,68)(H,85,86,87)/b9-7+,10-8+,13-11+,18-14+,19-15+,21-17+,27-20+,30-25+,31-24+,34-22+,35-23-,46-28+. The lowest BCUT2D eigenvalue weighted by Crippen LogP contribution is -2.50. The summed E-state index contributed by atoms with van der Waals surface area (Å²) in [4.78, 5) is 14.6. The highest BCUT2D eigenvalue weighted by molar-refractivity contribution is 7.80. The molecule has 0 aromatic carbocycles. The van der Waals surface area contributed by atoms with E-state index in [0.717, 1.165) is 12.8 Å². The van der Waals surface area contributed by atoms with E-state index in [1.807, 2.05) is 45.1 Å². The van der Waals surface area contributed by atoms with Gasteiger partial charge >= 0.3 is 16.4 Å². The van der Waals surface area contributed by atoms with Gasteiger partial charge in [0.2, 0.25) is 0 Å². The first-order valence-corrected chi connectivity index (χ1v) is 31.8. The second-order valence-electron chi connectivity index (χ2n) is 22.9. The average molecular weight is 1280 g/mol. The van der Waals surface area contributed by atoms with Crippen LogP contribution in [-0.2, 0) is 19.4 Å². The van der Waals surface area contributed by atoms with Crippen LogP contribution in [-0.4, -0.2) is 201 Å². The summed E-state index contributed by atoms with van der Waals surface area (Å²) in [5.41, 5.74) is 10.8. The van der Waals surface area contributed by atoms with Crippen LogP contribution in [0.25, 0.3) is 0 Å². The Hall–Kier alpha value is -5.07. The van der Waals surface area contributed by atoms with E-state index in [2.05, 4.69) is 10.3 Å². The Morgan fingerprint density at radius 1 is 0.539 bits per heavy atom. The molecule has 0 spiro atoms. The van der Waals surface area contributed by atoms with Gasteiger partial charge < -0.3 is 88.3 Å². The number of carboxylic acids is 1. The molecule has 0 aliphatic rings. The lowest BCUT2D eigenvalue weighted by atomic mass is 9.88. The first kappa shape index (κ1) is 83.9. The van der Waals surface area contributed by atoms with Gasteiger partial charge in [0.1, 0.15) is 12.2 Å². The molecular formula is C65H108N4O19S. The van der Waals surface area contributed by atoms with E-state index in [-0.39, 0.29) is 81.2 Å². The normalized spacial score (nSPS) is 19.8. The molecule has 0 aromatic rings. The van der Waals surface area contributed by atoms with Crippen molar-refractivity contribution in [2.24, 2.45) is 40.1 Å². The molecule has 0 aromatic heterocycles. The molecule has 0 radical (unpaired) electrons. The van der Waals surface area contributed by atoms with Crippen LogP contribution in [0.5, 0.6) is 0 Å². The van der Waals surface area contributed by atoms with Crippen LogP contribution in [0.4, 0.5) is 0 Å². The van der Waals surface area contributed by atoms with Crippen LogP contribution in [0.15, 0.2) is 150 Å². The average Bonchev–Trinajstić information content (AvgIpc) is 3.63. The predicted molar refractivity (Wildman–Crippen MR) is 347 cm³/mol. The molecule has 0 aliphatic heterocycles. The van der Waals surface area contributed by atoms with Gasteiger partial charge in [-0.2, -0.15) is 8.42 Å². The van der Waals surface area contributed by atoms with Crippen molar-refractivity contribution in [3.05, 3.63) is 145 Å². The summed E-state index contributed by atoms with van der Waals surface area (Å²) < 4.78 is 38.7. The van der Waals surface area contributed by atoms with Gasteiger partial charge in [0.05, 0.1) is 73.2 Å². The molecular weight excluding hydrogens is 1170 g/mol. The number of nitrogens with one attached hydrogen (secondary N) is 1. The summed E-state index contributed by atoms with van der Waals surface area (Å²) in [6, 6.07) is -0.853. The molecule has 18 unspecified atom stereocenters. The van der Waals surface area contributed by atoms with Crippen LogP contribution in [0.1, 0.15) is 119 Å². The summed E-state index contributed by atoms with van der Waals surface area (Å²) in [6.45, 7) is 11.3. The summed E-state index contributed by atoms with van der Waals surface area (Å²) in [6.07, 6.45) is 21.8. The number of allylic oxidation sites excluding steroid dienone is 16. The summed E-state index contributed by atoms with van der Waals surface area (Å²) >= 11 is 0. The zero-order valence-corrected chi connectivity index (χ0v) is 53.3. The van der Waals surface area contributed by atoms with Gasteiger partial charge in [-0.1, -0.05) is 174 Å². The Bertz CT molecular complexity index is 2440. The Labute approximate surface area is 527 Å². The van der Waals surface area contributed by atoms with Gasteiger partial charge in [-0.15, -0.1) is 0 Å². The van der Waals surface area contributed by atoms with Crippen LogP contribution in [0.2, 0.25) is 0 Å².